The number of hydrogen-bond acceptors (Lipinski definition) is 3. The number of anilines is 1. The zero-order chi connectivity index (χ0) is 16.1. The third-order valence-corrected chi connectivity index (χ3v) is 5.31. The maximum Gasteiger partial charge on any atom is 0.261 e. The summed E-state index contributed by atoms with van der Waals surface area (Å²) in [6, 6.07) is 7.62. The van der Waals surface area contributed by atoms with E-state index in [0.29, 0.717) is 24.1 Å². The first kappa shape index (κ1) is 14.4. The zero-order valence-corrected chi connectivity index (χ0v) is 13.2. The highest BCUT2D eigenvalue weighted by molar-refractivity contribution is 6.31. The number of benzene rings is 1. The maximum absolute atomic E-state index is 12.8. The fraction of sp³-hybridized carbons (Fsp3) is 0.421. The Labute approximate surface area is 135 Å². The van der Waals surface area contributed by atoms with Gasteiger partial charge in [-0.3, -0.25) is 14.4 Å². The molecule has 1 heterocycles. The molecule has 1 saturated carbocycles. The first-order chi connectivity index (χ1) is 11.1. The van der Waals surface area contributed by atoms with Crippen LogP contribution in [0.5, 0.6) is 0 Å². The van der Waals surface area contributed by atoms with Crippen LogP contribution in [-0.4, -0.2) is 17.6 Å². The second-order valence-electron chi connectivity index (χ2n) is 6.68. The number of Topliss-reactive ketones (excluding diaryl/α,β-unsaturated/α-hetero) is 1. The summed E-state index contributed by atoms with van der Waals surface area (Å²) < 4.78 is 0. The second kappa shape index (κ2) is 5.15. The lowest BCUT2D eigenvalue weighted by molar-refractivity contribution is -0.131. The molecule has 2 unspecified atom stereocenters. The summed E-state index contributed by atoms with van der Waals surface area (Å²) in [4.78, 5) is 39.0. The van der Waals surface area contributed by atoms with Gasteiger partial charge in [-0.2, -0.15) is 0 Å². The fourth-order valence-corrected chi connectivity index (χ4v) is 4.21. The molecule has 2 atom stereocenters. The first-order valence-corrected chi connectivity index (χ1v) is 8.33. The predicted octanol–water partition coefficient (Wildman–Crippen LogP) is 2.81. The highest BCUT2D eigenvalue weighted by Crippen LogP contribution is 2.48. The first-order valence-electron chi connectivity index (χ1n) is 8.33. The van der Waals surface area contributed by atoms with Gasteiger partial charge in [0.15, 0.2) is 0 Å². The van der Waals surface area contributed by atoms with Crippen molar-refractivity contribution >= 4 is 23.3 Å². The van der Waals surface area contributed by atoms with Gasteiger partial charge in [-0.05, 0) is 37.0 Å². The third-order valence-electron chi connectivity index (χ3n) is 5.31. The van der Waals surface area contributed by atoms with Crippen molar-refractivity contribution in [2.45, 2.75) is 39.0 Å². The van der Waals surface area contributed by atoms with Crippen molar-refractivity contribution in [1.29, 1.82) is 0 Å². The standard InChI is InChI=1S/C19H19NO3/c1-2-3-11-4-7-13(8-5-11)20-18(22)16-12-6-9-14(15(21)10-12)17(16)19(20)23/h4-5,7-8,14,17H,2-3,6,9-10H2,1H3. The molecule has 1 saturated heterocycles. The lowest BCUT2D eigenvalue weighted by atomic mass is 9.67. The van der Waals surface area contributed by atoms with Crippen molar-refractivity contribution in [3.05, 3.63) is 41.0 Å². The Hall–Kier alpha value is -2.23. The lowest BCUT2D eigenvalue weighted by Crippen LogP contribution is -2.38. The van der Waals surface area contributed by atoms with Gasteiger partial charge in [0.25, 0.3) is 5.91 Å². The number of allylic oxidation sites excluding steroid dienone is 1. The average Bonchev–Trinajstić information content (AvgIpc) is 2.82. The van der Waals surface area contributed by atoms with Gasteiger partial charge in [0.1, 0.15) is 5.78 Å². The average molecular weight is 309 g/mol. The molecule has 0 radical (unpaired) electrons. The van der Waals surface area contributed by atoms with Crippen LogP contribution in [-0.2, 0) is 20.8 Å². The van der Waals surface area contributed by atoms with Crippen molar-refractivity contribution in [2.75, 3.05) is 4.90 Å². The van der Waals surface area contributed by atoms with E-state index < -0.39 is 5.92 Å². The van der Waals surface area contributed by atoms with E-state index in [0.717, 1.165) is 24.8 Å². The SMILES string of the molecule is CCCc1ccc(N2C(=O)C3=C4CCC(C(=O)C4)C3C2=O)cc1. The zero-order valence-electron chi connectivity index (χ0n) is 13.2. The number of carbonyl (C=O) groups is 3. The Kier molecular flexibility index (Phi) is 3.22. The number of rotatable bonds is 3. The van der Waals surface area contributed by atoms with Crippen molar-refractivity contribution in [3.8, 4) is 0 Å². The summed E-state index contributed by atoms with van der Waals surface area (Å²) in [5, 5.41) is 0. The number of nitrogens with zero attached hydrogens (tertiary/aromatic N) is 1. The molecule has 23 heavy (non-hydrogen) atoms. The Morgan fingerprint density at radius 2 is 1.87 bits per heavy atom. The van der Waals surface area contributed by atoms with Crippen LogP contribution in [0.1, 0.15) is 38.2 Å². The molecular weight excluding hydrogens is 290 g/mol. The van der Waals surface area contributed by atoms with E-state index in [1.54, 1.807) is 0 Å². The molecule has 1 aliphatic heterocycles. The molecule has 2 bridgehead atoms. The normalized spacial score (nSPS) is 26.3. The van der Waals surface area contributed by atoms with E-state index in [1.807, 2.05) is 24.3 Å². The molecule has 4 aliphatic rings. The molecule has 2 amide bonds. The Bertz CT molecular complexity index is 744. The fourth-order valence-electron chi connectivity index (χ4n) is 4.21. The second-order valence-corrected chi connectivity index (χ2v) is 6.68. The van der Waals surface area contributed by atoms with Gasteiger partial charge in [-0.1, -0.05) is 31.1 Å². The molecule has 0 N–H and O–H groups in total. The largest absolute Gasteiger partial charge is 0.299 e. The molecular formula is C19H19NO3. The molecule has 3 aliphatic carbocycles. The Balaban J connectivity index is 1.72. The van der Waals surface area contributed by atoms with Crippen LogP contribution in [0.15, 0.2) is 35.4 Å². The Morgan fingerprint density at radius 3 is 2.52 bits per heavy atom. The smallest absolute Gasteiger partial charge is 0.261 e. The van der Waals surface area contributed by atoms with Crippen LogP contribution >= 0.6 is 0 Å². The van der Waals surface area contributed by atoms with Crippen molar-refractivity contribution in [2.24, 2.45) is 11.8 Å². The number of imide groups is 1. The molecule has 0 aromatic heterocycles. The van der Waals surface area contributed by atoms with E-state index in [2.05, 4.69) is 6.92 Å². The van der Waals surface area contributed by atoms with Crippen molar-refractivity contribution in [3.63, 3.8) is 0 Å². The number of amides is 2. The van der Waals surface area contributed by atoms with Crippen LogP contribution in [0.25, 0.3) is 0 Å². The molecule has 4 nitrogen and oxygen atoms in total. The van der Waals surface area contributed by atoms with Gasteiger partial charge in [-0.25, -0.2) is 4.90 Å². The van der Waals surface area contributed by atoms with E-state index in [1.165, 1.54) is 10.5 Å². The molecule has 1 aromatic carbocycles. The van der Waals surface area contributed by atoms with Crippen LogP contribution in [0.3, 0.4) is 0 Å². The number of aryl methyl sites for hydroxylation is 1. The monoisotopic (exact) mass is 309 g/mol. The number of fused-ring (bicyclic) bond motifs is 2. The summed E-state index contributed by atoms with van der Waals surface area (Å²) in [6.45, 7) is 2.12. The van der Waals surface area contributed by atoms with Crippen molar-refractivity contribution in [1.82, 2.24) is 0 Å². The molecule has 118 valence electrons. The maximum atomic E-state index is 12.8. The molecule has 4 heteroatoms. The van der Waals surface area contributed by atoms with Gasteiger partial charge in [-0.15, -0.1) is 0 Å². The molecule has 1 aromatic rings. The Morgan fingerprint density at radius 1 is 1.13 bits per heavy atom. The van der Waals surface area contributed by atoms with E-state index in [-0.39, 0.29) is 23.5 Å². The lowest BCUT2D eigenvalue weighted by Gasteiger charge is -2.33. The summed E-state index contributed by atoms with van der Waals surface area (Å²) in [5.74, 6) is -1.12. The van der Waals surface area contributed by atoms with Crippen LogP contribution in [0.4, 0.5) is 5.69 Å². The topological polar surface area (TPSA) is 54.5 Å². The minimum atomic E-state index is -0.525. The van der Waals surface area contributed by atoms with Crippen LogP contribution in [0.2, 0.25) is 0 Å². The minimum Gasteiger partial charge on any atom is -0.299 e. The minimum absolute atomic E-state index is 0.126. The van der Waals surface area contributed by atoms with Gasteiger partial charge in [0, 0.05) is 17.9 Å². The highest BCUT2D eigenvalue weighted by atomic mass is 16.2. The highest BCUT2D eigenvalue weighted by Gasteiger charge is 2.55. The van der Waals surface area contributed by atoms with Crippen molar-refractivity contribution < 1.29 is 14.4 Å². The van der Waals surface area contributed by atoms with E-state index in [9.17, 15) is 14.4 Å². The summed E-state index contributed by atoms with van der Waals surface area (Å²) in [6.07, 6.45) is 3.90. The summed E-state index contributed by atoms with van der Waals surface area (Å²) in [5.41, 5.74) is 3.33. The summed E-state index contributed by atoms with van der Waals surface area (Å²) in [7, 11) is 0. The van der Waals surface area contributed by atoms with Gasteiger partial charge in [0.2, 0.25) is 5.91 Å². The quantitative estimate of drug-likeness (QED) is 0.807. The van der Waals surface area contributed by atoms with Gasteiger partial charge in [0.05, 0.1) is 11.6 Å². The number of carbonyl (C=O) groups excluding carboxylic acids is 3. The molecule has 0 spiro atoms. The van der Waals surface area contributed by atoms with Gasteiger partial charge >= 0.3 is 0 Å². The third kappa shape index (κ3) is 2.01. The number of hydrogen-bond donors (Lipinski definition) is 0. The van der Waals surface area contributed by atoms with Gasteiger partial charge < -0.3 is 0 Å². The van der Waals surface area contributed by atoms with E-state index in [4.69, 9.17) is 0 Å². The van der Waals surface area contributed by atoms with Crippen LogP contribution < -0.4 is 4.90 Å². The molecule has 5 rings (SSSR count). The molecule has 2 fully saturated rings. The van der Waals surface area contributed by atoms with E-state index >= 15 is 0 Å². The van der Waals surface area contributed by atoms with Crippen LogP contribution in [0, 0.1) is 11.8 Å². The summed E-state index contributed by atoms with van der Waals surface area (Å²) >= 11 is 0. The predicted molar refractivity (Wildman–Crippen MR) is 85.8 cm³/mol. The number of ketones is 1.